The minimum absolute atomic E-state index is 0. The van der Waals surface area contributed by atoms with Gasteiger partial charge in [-0.3, -0.25) is 0 Å². The van der Waals surface area contributed by atoms with E-state index in [2.05, 4.69) is 12.2 Å². The molecule has 3 N–H and O–H groups in total. The monoisotopic (exact) mass is 309 g/mol. The van der Waals surface area contributed by atoms with Gasteiger partial charge in [0.2, 0.25) is 0 Å². The fraction of sp³-hybridized carbons (Fsp3) is 1.00. The molecule has 0 aromatic carbocycles. The van der Waals surface area contributed by atoms with Crippen molar-refractivity contribution >= 4 is 0 Å². The van der Waals surface area contributed by atoms with Crippen LogP contribution in [0.4, 0.5) is 0 Å². The van der Waals surface area contributed by atoms with Gasteiger partial charge in [0.1, 0.15) is 0 Å². The highest BCUT2D eigenvalue weighted by Crippen LogP contribution is 2.09. The third-order valence-corrected chi connectivity index (χ3v) is 3.10. The van der Waals surface area contributed by atoms with Gasteiger partial charge in [-0.1, -0.05) is 58.3 Å². The molecule has 0 bridgehead atoms. The molecule has 0 unspecified atom stereocenters. The molecule has 0 aliphatic heterocycles. The highest BCUT2D eigenvalue weighted by molar-refractivity contribution is 4.46. The molecular weight excluding hydrogens is 278 g/mol. The fourth-order valence-corrected chi connectivity index (χ4v) is 2.01. The molecule has 0 heterocycles. The van der Waals surface area contributed by atoms with E-state index in [-0.39, 0.29) is 17.0 Å². The second-order valence-electron chi connectivity index (χ2n) is 4.77. The van der Waals surface area contributed by atoms with Crippen molar-refractivity contribution in [2.75, 3.05) is 19.7 Å². The van der Waals surface area contributed by atoms with E-state index in [4.69, 9.17) is 5.11 Å². The van der Waals surface area contributed by atoms with E-state index in [0.717, 1.165) is 6.54 Å². The predicted octanol–water partition coefficient (Wildman–Crippen LogP) is -0.533. The smallest absolute Gasteiger partial charge is 0.0990 e. The van der Waals surface area contributed by atoms with Crippen molar-refractivity contribution in [1.82, 2.24) is 0 Å². The number of hydrogen-bond acceptors (Lipinski definition) is 1. The van der Waals surface area contributed by atoms with Crippen molar-refractivity contribution in [3.63, 3.8) is 0 Å². The Kier molecular flexibility index (Phi) is 21.8. The largest absolute Gasteiger partial charge is 1.00 e. The summed E-state index contributed by atoms with van der Waals surface area (Å²) in [5, 5.41) is 10.8. The van der Waals surface area contributed by atoms with E-state index < -0.39 is 0 Å². The Morgan fingerprint density at radius 1 is 0.706 bits per heavy atom. The summed E-state index contributed by atoms with van der Waals surface area (Å²) in [5.41, 5.74) is 0. The lowest BCUT2D eigenvalue weighted by molar-refractivity contribution is -0.656. The first-order valence-corrected chi connectivity index (χ1v) is 7.34. The number of aliphatic hydroxyl groups is 1. The normalized spacial score (nSPS) is 10.2. The third-order valence-electron chi connectivity index (χ3n) is 3.10. The highest BCUT2D eigenvalue weighted by atomic mass is 79.9. The first kappa shape index (κ1) is 19.7. The molecule has 106 valence electrons. The van der Waals surface area contributed by atoms with Gasteiger partial charge >= 0.3 is 0 Å². The molecule has 0 aromatic rings. The molecule has 2 nitrogen and oxygen atoms in total. The SMILES string of the molecule is CCCCCCCCCCCC[NH2+]CCO.[Br-]. The first-order valence-electron chi connectivity index (χ1n) is 7.34. The van der Waals surface area contributed by atoms with Gasteiger partial charge in [0.05, 0.1) is 19.7 Å². The van der Waals surface area contributed by atoms with Crippen LogP contribution in [0.3, 0.4) is 0 Å². The quantitative estimate of drug-likeness (QED) is 0.441. The van der Waals surface area contributed by atoms with E-state index in [9.17, 15) is 0 Å². The summed E-state index contributed by atoms with van der Waals surface area (Å²) in [7, 11) is 0. The van der Waals surface area contributed by atoms with Gasteiger partial charge in [-0.25, -0.2) is 0 Å². The molecule has 0 fully saturated rings. The van der Waals surface area contributed by atoms with Crippen LogP contribution in [0.1, 0.15) is 71.1 Å². The van der Waals surface area contributed by atoms with Gasteiger partial charge in [0.15, 0.2) is 0 Å². The Morgan fingerprint density at radius 2 is 1.18 bits per heavy atom. The van der Waals surface area contributed by atoms with Crippen LogP contribution in [0.25, 0.3) is 0 Å². The second-order valence-corrected chi connectivity index (χ2v) is 4.77. The van der Waals surface area contributed by atoms with Crippen LogP contribution in [-0.4, -0.2) is 24.8 Å². The number of nitrogens with two attached hydrogens (primary N) is 1. The lowest BCUT2D eigenvalue weighted by Crippen LogP contribution is -3.00. The van der Waals surface area contributed by atoms with Gasteiger partial charge in [0, 0.05) is 0 Å². The first-order chi connectivity index (χ1) is 7.91. The summed E-state index contributed by atoms with van der Waals surface area (Å²) in [4.78, 5) is 0. The van der Waals surface area contributed by atoms with Gasteiger partial charge in [-0.15, -0.1) is 0 Å². The zero-order valence-corrected chi connectivity index (χ0v) is 13.2. The van der Waals surface area contributed by atoms with Gasteiger partial charge in [-0.2, -0.15) is 0 Å². The minimum atomic E-state index is 0. The van der Waals surface area contributed by atoms with Crippen LogP contribution in [0.15, 0.2) is 0 Å². The molecule has 0 saturated heterocycles. The Labute approximate surface area is 118 Å². The van der Waals surface area contributed by atoms with Crippen LogP contribution >= 0.6 is 0 Å². The number of halogens is 1. The lowest BCUT2D eigenvalue weighted by atomic mass is 10.1. The third kappa shape index (κ3) is 18.9. The topological polar surface area (TPSA) is 36.8 Å². The van der Waals surface area contributed by atoms with Gasteiger partial charge < -0.3 is 27.4 Å². The van der Waals surface area contributed by atoms with E-state index in [1.807, 2.05) is 0 Å². The number of quaternary nitrogens is 1. The highest BCUT2D eigenvalue weighted by Gasteiger charge is 1.93. The minimum Gasteiger partial charge on any atom is -1.00 e. The molecule has 0 rings (SSSR count). The van der Waals surface area contributed by atoms with Crippen molar-refractivity contribution in [2.24, 2.45) is 0 Å². The molecule has 3 heteroatoms. The maximum Gasteiger partial charge on any atom is 0.0990 e. The molecule has 0 amide bonds. The van der Waals surface area contributed by atoms with Crippen molar-refractivity contribution in [3.05, 3.63) is 0 Å². The van der Waals surface area contributed by atoms with Crippen LogP contribution in [0.5, 0.6) is 0 Å². The summed E-state index contributed by atoms with van der Waals surface area (Å²) in [6.07, 6.45) is 14.0. The summed E-state index contributed by atoms with van der Waals surface area (Å²) in [5.74, 6) is 0. The average molecular weight is 310 g/mol. The zero-order chi connectivity index (χ0) is 11.9. The Hall–Kier alpha value is 0.400. The fourth-order valence-electron chi connectivity index (χ4n) is 2.01. The van der Waals surface area contributed by atoms with Crippen LogP contribution in [0.2, 0.25) is 0 Å². The van der Waals surface area contributed by atoms with Crippen LogP contribution < -0.4 is 22.3 Å². The van der Waals surface area contributed by atoms with Crippen molar-refractivity contribution in [3.8, 4) is 0 Å². The maximum atomic E-state index is 8.60. The van der Waals surface area contributed by atoms with Crippen molar-refractivity contribution in [1.29, 1.82) is 0 Å². The number of rotatable bonds is 13. The van der Waals surface area contributed by atoms with Crippen molar-refractivity contribution < 1.29 is 27.4 Å². The summed E-state index contributed by atoms with van der Waals surface area (Å²) >= 11 is 0. The second kappa shape index (κ2) is 18.8. The zero-order valence-electron chi connectivity index (χ0n) is 11.6. The number of unbranched alkanes of at least 4 members (excludes halogenated alkanes) is 9. The van der Waals surface area contributed by atoms with Crippen LogP contribution in [0, 0.1) is 0 Å². The molecule has 0 aliphatic rings. The number of hydrogen-bond donors (Lipinski definition) is 2. The van der Waals surface area contributed by atoms with E-state index in [1.165, 1.54) is 70.8 Å². The predicted molar refractivity (Wildman–Crippen MR) is 70.6 cm³/mol. The molecule has 17 heavy (non-hydrogen) atoms. The summed E-state index contributed by atoms with van der Waals surface area (Å²) in [6, 6.07) is 0. The van der Waals surface area contributed by atoms with E-state index >= 15 is 0 Å². The van der Waals surface area contributed by atoms with Gasteiger partial charge in [0.25, 0.3) is 0 Å². The summed E-state index contributed by atoms with van der Waals surface area (Å²) in [6.45, 7) is 4.65. The Morgan fingerprint density at radius 3 is 1.65 bits per heavy atom. The summed E-state index contributed by atoms with van der Waals surface area (Å²) < 4.78 is 0. The Bertz CT molecular complexity index is 109. The maximum absolute atomic E-state index is 8.60. The van der Waals surface area contributed by atoms with E-state index in [1.54, 1.807) is 0 Å². The molecular formula is C14H32BrNO. The number of aliphatic hydroxyl groups excluding tert-OH is 1. The molecule has 0 spiro atoms. The van der Waals surface area contributed by atoms with Crippen LogP contribution in [-0.2, 0) is 0 Å². The molecule has 0 aliphatic carbocycles. The molecule has 0 radical (unpaired) electrons. The average Bonchev–Trinajstić information content (AvgIpc) is 2.31. The molecule has 0 saturated carbocycles. The van der Waals surface area contributed by atoms with Gasteiger partial charge in [-0.05, 0) is 12.8 Å². The standard InChI is InChI=1S/C14H31NO.BrH/c1-2-3-4-5-6-7-8-9-10-11-12-15-13-14-16;/h15-16H,2-14H2,1H3;1H. The van der Waals surface area contributed by atoms with Crippen molar-refractivity contribution in [2.45, 2.75) is 71.1 Å². The molecule has 0 aromatic heterocycles. The molecule has 0 atom stereocenters. The lowest BCUT2D eigenvalue weighted by Gasteiger charge is -2.02. The van der Waals surface area contributed by atoms with E-state index in [0.29, 0.717) is 6.61 Å². The Balaban J connectivity index is 0.